The van der Waals surface area contributed by atoms with Crippen molar-refractivity contribution in [3.63, 3.8) is 0 Å². The maximum absolute atomic E-state index is 9.48. The van der Waals surface area contributed by atoms with Crippen molar-refractivity contribution in [1.82, 2.24) is 5.32 Å². The number of rotatable bonds is 4. The molecule has 0 aromatic heterocycles. The molecule has 0 unspecified atom stereocenters. The number of hydrogen-bond acceptors (Lipinski definition) is 3. The average molecular weight is 334 g/mol. The summed E-state index contributed by atoms with van der Waals surface area (Å²) in [6.45, 7) is 1.35. The van der Waals surface area contributed by atoms with Crippen molar-refractivity contribution in [2.45, 2.75) is 13.0 Å². The van der Waals surface area contributed by atoms with Crippen LogP contribution in [0.2, 0.25) is 0 Å². The summed E-state index contributed by atoms with van der Waals surface area (Å²) < 4.78 is 1.32. The minimum Gasteiger partial charge on any atom is -0.506 e. The summed E-state index contributed by atoms with van der Waals surface area (Å²) in [5, 5.41) is 21.0. The lowest BCUT2D eigenvalue weighted by atomic mass is 10.2. The fourth-order valence-corrected chi connectivity index (χ4v) is 2.38. The Hall–Kier alpha value is -0.570. The van der Waals surface area contributed by atoms with Gasteiger partial charge in [-0.1, -0.05) is 0 Å². The van der Waals surface area contributed by atoms with E-state index in [1.165, 1.54) is 0 Å². The Bertz CT molecular complexity index is 364. The number of phenols is 1. The van der Waals surface area contributed by atoms with Crippen molar-refractivity contribution in [2.75, 3.05) is 6.54 Å². The first kappa shape index (κ1) is 12.5. The molecular weight excluding hydrogens is 324 g/mol. The summed E-state index contributed by atoms with van der Waals surface area (Å²) in [4.78, 5) is 0. The third kappa shape index (κ3) is 3.82. The van der Waals surface area contributed by atoms with Crippen molar-refractivity contribution in [2.24, 2.45) is 0 Å². The second-order valence-electron chi connectivity index (χ2n) is 2.99. The van der Waals surface area contributed by atoms with E-state index in [2.05, 4.69) is 43.2 Å². The maximum atomic E-state index is 9.48. The molecule has 0 bridgehead atoms. The van der Waals surface area contributed by atoms with Crippen molar-refractivity contribution < 1.29 is 5.11 Å². The first-order chi connectivity index (χ1) is 7.15. The molecule has 0 aliphatic carbocycles. The van der Waals surface area contributed by atoms with E-state index in [4.69, 9.17) is 5.26 Å². The number of phenolic OH excluding ortho intramolecular Hbond substituents is 1. The van der Waals surface area contributed by atoms with Gasteiger partial charge in [-0.25, -0.2) is 0 Å². The Balaban J connectivity index is 2.59. The van der Waals surface area contributed by atoms with Gasteiger partial charge in [0.05, 0.1) is 15.0 Å². The average Bonchev–Trinajstić information content (AvgIpc) is 2.21. The predicted octanol–water partition coefficient (Wildman–Crippen LogP) is 2.92. The van der Waals surface area contributed by atoms with Gasteiger partial charge in [-0.2, -0.15) is 5.26 Å². The SMILES string of the molecule is N#CCCNCc1cc(Br)c(O)c(Br)c1. The zero-order valence-corrected chi connectivity index (χ0v) is 11.1. The van der Waals surface area contributed by atoms with Crippen LogP contribution in [0.4, 0.5) is 0 Å². The molecule has 0 heterocycles. The van der Waals surface area contributed by atoms with E-state index < -0.39 is 0 Å². The van der Waals surface area contributed by atoms with E-state index in [0.717, 1.165) is 5.56 Å². The number of nitrogens with zero attached hydrogens (tertiary/aromatic N) is 1. The van der Waals surface area contributed by atoms with Crippen LogP contribution in [0.25, 0.3) is 0 Å². The molecule has 1 rings (SSSR count). The van der Waals surface area contributed by atoms with E-state index >= 15 is 0 Å². The van der Waals surface area contributed by atoms with Crippen molar-refractivity contribution in [1.29, 1.82) is 5.26 Å². The number of nitriles is 1. The fourth-order valence-electron chi connectivity index (χ4n) is 1.10. The van der Waals surface area contributed by atoms with E-state index in [9.17, 15) is 5.11 Å². The number of halogens is 2. The number of aromatic hydroxyl groups is 1. The number of benzene rings is 1. The van der Waals surface area contributed by atoms with Crippen LogP contribution in [0, 0.1) is 11.3 Å². The third-order valence-electron chi connectivity index (χ3n) is 1.82. The summed E-state index contributed by atoms with van der Waals surface area (Å²) in [7, 11) is 0. The molecule has 1 aromatic rings. The third-order valence-corrected chi connectivity index (χ3v) is 3.03. The Kier molecular flexibility index (Phi) is 5.09. The lowest BCUT2D eigenvalue weighted by molar-refractivity contribution is 0.468. The van der Waals surface area contributed by atoms with Gasteiger partial charge < -0.3 is 10.4 Å². The first-order valence-corrected chi connectivity index (χ1v) is 5.98. The van der Waals surface area contributed by atoms with Gasteiger partial charge in [0.25, 0.3) is 0 Å². The molecule has 3 nitrogen and oxygen atoms in total. The van der Waals surface area contributed by atoms with Crippen molar-refractivity contribution in [3.8, 4) is 11.8 Å². The van der Waals surface area contributed by atoms with Crippen LogP contribution in [-0.4, -0.2) is 11.7 Å². The molecule has 0 spiro atoms. The zero-order valence-electron chi connectivity index (χ0n) is 7.93. The smallest absolute Gasteiger partial charge is 0.143 e. The normalized spacial score (nSPS) is 9.93. The number of hydrogen-bond donors (Lipinski definition) is 2. The van der Waals surface area contributed by atoms with Gasteiger partial charge in [0.15, 0.2) is 0 Å². The molecule has 0 fully saturated rings. The topological polar surface area (TPSA) is 56.0 Å². The molecule has 0 aliphatic rings. The molecule has 0 aliphatic heterocycles. The summed E-state index contributed by atoms with van der Waals surface area (Å²) in [5.74, 6) is 0.204. The lowest BCUT2D eigenvalue weighted by Crippen LogP contribution is -2.14. The summed E-state index contributed by atoms with van der Waals surface area (Å²) in [6, 6.07) is 5.76. The van der Waals surface area contributed by atoms with Crippen LogP contribution >= 0.6 is 31.9 Å². The Morgan fingerprint density at radius 2 is 1.93 bits per heavy atom. The van der Waals surface area contributed by atoms with Crippen LogP contribution in [-0.2, 0) is 6.54 Å². The monoisotopic (exact) mass is 332 g/mol. The van der Waals surface area contributed by atoms with Gasteiger partial charge >= 0.3 is 0 Å². The molecule has 0 saturated carbocycles. The second-order valence-corrected chi connectivity index (χ2v) is 4.70. The molecule has 0 saturated heterocycles. The highest BCUT2D eigenvalue weighted by Crippen LogP contribution is 2.33. The van der Waals surface area contributed by atoms with Crippen LogP contribution in [0.1, 0.15) is 12.0 Å². The van der Waals surface area contributed by atoms with Gasteiger partial charge in [0, 0.05) is 19.5 Å². The van der Waals surface area contributed by atoms with Gasteiger partial charge in [0.2, 0.25) is 0 Å². The summed E-state index contributed by atoms with van der Waals surface area (Å²) in [6.07, 6.45) is 0.500. The largest absolute Gasteiger partial charge is 0.506 e. The molecule has 1 aromatic carbocycles. The van der Waals surface area contributed by atoms with Gasteiger partial charge in [-0.05, 0) is 49.6 Å². The van der Waals surface area contributed by atoms with E-state index in [-0.39, 0.29) is 5.75 Å². The predicted molar refractivity (Wildman–Crippen MR) is 65.4 cm³/mol. The molecular formula is C10H10Br2N2O. The fraction of sp³-hybridized carbons (Fsp3) is 0.300. The Labute approximate surface area is 105 Å². The second kappa shape index (κ2) is 6.11. The number of nitrogens with one attached hydrogen (secondary N) is 1. The highest BCUT2D eigenvalue weighted by molar-refractivity contribution is 9.11. The Morgan fingerprint density at radius 3 is 2.47 bits per heavy atom. The Morgan fingerprint density at radius 1 is 1.33 bits per heavy atom. The molecule has 2 N–H and O–H groups in total. The quantitative estimate of drug-likeness (QED) is 0.833. The van der Waals surface area contributed by atoms with Crippen LogP contribution in [0.5, 0.6) is 5.75 Å². The molecule has 80 valence electrons. The maximum Gasteiger partial charge on any atom is 0.143 e. The van der Waals surface area contributed by atoms with Crippen molar-refractivity contribution >= 4 is 31.9 Å². The molecule has 0 radical (unpaired) electrons. The summed E-state index contributed by atoms with van der Waals surface area (Å²) in [5.41, 5.74) is 1.05. The van der Waals surface area contributed by atoms with Crippen molar-refractivity contribution in [3.05, 3.63) is 26.6 Å². The van der Waals surface area contributed by atoms with Crippen LogP contribution < -0.4 is 5.32 Å². The van der Waals surface area contributed by atoms with E-state index in [1.54, 1.807) is 0 Å². The molecule has 5 heteroatoms. The molecule has 0 amide bonds. The molecule has 15 heavy (non-hydrogen) atoms. The summed E-state index contributed by atoms with van der Waals surface area (Å²) >= 11 is 6.52. The highest BCUT2D eigenvalue weighted by atomic mass is 79.9. The minimum absolute atomic E-state index is 0.204. The van der Waals surface area contributed by atoms with E-state index in [1.807, 2.05) is 12.1 Å². The van der Waals surface area contributed by atoms with Gasteiger partial charge in [-0.3, -0.25) is 0 Å². The first-order valence-electron chi connectivity index (χ1n) is 4.39. The lowest BCUT2D eigenvalue weighted by Gasteiger charge is -2.06. The standard InChI is InChI=1S/C10H10Br2N2O/c11-8-4-7(5-9(12)10(8)15)6-14-3-1-2-13/h4-5,14-15H,1,3,6H2. The zero-order chi connectivity index (χ0) is 11.3. The minimum atomic E-state index is 0.204. The van der Waals surface area contributed by atoms with Gasteiger partial charge in [0.1, 0.15) is 5.75 Å². The van der Waals surface area contributed by atoms with Crippen LogP contribution in [0.3, 0.4) is 0 Å². The molecule has 0 atom stereocenters. The van der Waals surface area contributed by atoms with Crippen LogP contribution in [0.15, 0.2) is 21.1 Å². The highest BCUT2D eigenvalue weighted by Gasteiger charge is 2.05. The van der Waals surface area contributed by atoms with E-state index in [0.29, 0.717) is 28.5 Å². The van der Waals surface area contributed by atoms with Gasteiger partial charge in [-0.15, -0.1) is 0 Å².